The molecule has 0 spiro atoms. The Kier molecular flexibility index (Phi) is 16.6. The van der Waals surface area contributed by atoms with Crippen LogP contribution in [0.25, 0.3) is 0 Å². The topological polar surface area (TPSA) is 0 Å². The third-order valence-electron chi connectivity index (χ3n) is 3.48. The average Bonchev–Trinajstić information content (AvgIpc) is 2.95. The molecule has 2 rings (SSSR count). The summed E-state index contributed by atoms with van der Waals surface area (Å²) < 4.78 is 1.51. The minimum Gasteiger partial charge on any atom is -1.00 e. The molecule has 0 aromatic carbocycles. The molecule has 1 unspecified atom stereocenters. The zero-order chi connectivity index (χ0) is 16.6. The van der Waals surface area contributed by atoms with Crippen molar-refractivity contribution in [3.63, 3.8) is 0 Å². The number of allylic oxidation sites excluding steroid dienone is 8. The Bertz CT molecular complexity index is 470. The first-order chi connectivity index (χ1) is 9.55. The minimum atomic E-state index is 0. The van der Waals surface area contributed by atoms with Gasteiger partial charge in [-0.1, -0.05) is 40.5 Å². The molecule has 0 aromatic heterocycles. The van der Waals surface area contributed by atoms with E-state index in [2.05, 4.69) is 79.7 Å². The predicted molar refractivity (Wildman–Crippen MR) is 91.7 cm³/mol. The quantitative estimate of drug-likeness (QED) is 0.466. The summed E-state index contributed by atoms with van der Waals surface area (Å²) in [6.07, 6.45) is 13.7. The second-order valence-corrected chi connectivity index (χ2v) is 9.35. The fourth-order valence-electron chi connectivity index (χ4n) is 1.73. The molecule has 130 valence electrons. The fourth-order valence-corrected chi connectivity index (χ4v) is 1.73. The van der Waals surface area contributed by atoms with Crippen LogP contribution in [-0.2, 0) is 24.2 Å². The van der Waals surface area contributed by atoms with Gasteiger partial charge in [-0.25, -0.2) is 23.8 Å². The summed E-state index contributed by atoms with van der Waals surface area (Å²) in [5, 5.41) is 0. The summed E-state index contributed by atoms with van der Waals surface area (Å²) in [5.74, 6) is 0.565. The molecular formula is C20H30Cl2Zr-2. The molecule has 0 saturated carbocycles. The van der Waals surface area contributed by atoms with Crippen LogP contribution in [-0.4, -0.2) is 3.21 Å². The van der Waals surface area contributed by atoms with Gasteiger partial charge in [-0.05, 0) is 5.41 Å². The smallest absolute Gasteiger partial charge is 1.00 e. The summed E-state index contributed by atoms with van der Waals surface area (Å²) >= 11 is 1.55. The van der Waals surface area contributed by atoms with Crippen LogP contribution in [0.15, 0.2) is 34.9 Å². The summed E-state index contributed by atoms with van der Waals surface area (Å²) in [5.41, 5.74) is 4.69. The van der Waals surface area contributed by atoms with Gasteiger partial charge >= 0.3 is 41.3 Å². The van der Waals surface area contributed by atoms with Crippen LogP contribution in [0.5, 0.6) is 0 Å². The molecule has 0 bridgehead atoms. The van der Waals surface area contributed by atoms with Crippen molar-refractivity contribution >= 4 is 3.21 Å². The van der Waals surface area contributed by atoms with Crippen LogP contribution in [0, 0.1) is 23.5 Å². The van der Waals surface area contributed by atoms with Crippen LogP contribution in [0.2, 0.25) is 0 Å². The maximum atomic E-state index is 3.22. The number of hydrogen-bond acceptors (Lipinski definition) is 0. The predicted octanol–water partition coefficient (Wildman–Crippen LogP) is -0.193. The Morgan fingerprint density at radius 1 is 1.17 bits per heavy atom. The van der Waals surface area contributed by atoms with Gasteiger partial charge in [0.05, 0.1) is 0 Å². The van der Waals surface area contributed by atoms with E-state index < -0.39 is 0 Å². The number of hydrogen-bond donors (Lipinski definition) is 0. The van der Waals surface area contributed by atoms with Gasteiger partial charge < -0.3 is 24.8 Å². The van der Waals surface area contributed by atoms with Crippen LogP contribution in [0.3, 0.4) is 0 Å². The Morgan fingerprint density at radius 2 is 1.65 bits per heavy atom. The van der Waals surface area contributed by atoms with Crippen molar-refractivity contribution in [3.8, 4) is 0 Å². The van der Waals surface area contributed by atoms with Crippen molar-refractivity contribution in [2.45, 2.75) is 61.8 Å². The first-order valence-corrected chi connectivity index (χ1v) is 8.83. The zero-order valence-corrected chi connectivity index (χ0v) is 19.7. The second-order valence-electron chi connectivity index (χ2n) is 6.89. The van der Waals surface area contributed by atoms with E-state index in [1.54, 1.807) is 24.2 Å². The summed E-state index contributed by atoms with van der Waals surface area (Å²) in [6, 6.07) is 0. The van der Waals surface area contributed by atoms with Crippen LogP contribution in [0.1, 0.15) is 61.8 Å². The average molecular weight is 433 g/mol. The standard InChI is InChI=1S/C9H13.C8H11.C3H6.2ClH.Zr/c1-9(2,3)8-6-4-5-7-8;1-6-4-5-7(2)8(6)3;1-3-2;;;/h4,6H,7H2,1-3H3;4,7H,1-3H3;1-2H3;2*1H;/q2*-1;;;;+2/p-2. The summed E-state index contributed by atoms with van der Waals surface area (Å²) in [7, 11) is 0. The molecule has 2 aliphatic rings. The van der Waals surface area contributed by atoms with E-state index in [0.29, 0.717) is 11.3 Å². The molecule has 0 nitrogen and oxygen atoms in total. The van der Waals surface area contributed by atoms with E-state index in [1.165, 1.54) is 19.9 Å². The Labute approximate surface area is 171 Å². The molecular weight excluding hydrogens is 402 g/mol. The van der Waals surface area contributed by atoms with Gasteiger partial charge in [-0.15, -0.1) is 13.3 Å². The number of rotatable bonds is 0. The molecule has 0 fully saturated rings. The van der Waals surface area contributed by atoms with Gasteiger partial charge in [0.15, 0.2) is 0 Å². The van der Waals surface area contributed by atoms with Crippen LogP contribution in [0.4, 0.5) is 0 Å². The van der Waals surface area contributed by atoms with E-state index in [-0.39, 0.29) is 24.8 Å². The maximum Gasteiger partial charge on any atom is -1.00 e. The largest absolute Gasteiger partial charge is 1.00 e. The van der Waals surface area contributed by atoms with Gasteiger partial charge in [-0.3, -0.25) is 12.2 Å². The third kappa shape index (κ3) is 13.3. The molecule has 0 N–H and O–H groups in total. The van der Waals surface area contributed by atoms with Crippen molar-refractivity contribution in [2.24, 2.45) is 11.3 Å². The van der Waals surface area contributed by atoms with E-state index >= 15 is 0 Å². The second kappa shape index (κ2) is 13.6. The first kappa shape index (κ1) is 28.1. The first-order valence-electron chi connectivity index (χ1n) is 7.60. The van der Waals surface area contributed by atoms with Gasteiger partial charge in [-0.2, -0.15) is 11.1 Å². The van der Waals surface area contributed by atoms with Crippen molar-refractivity contribution in [1.29, 1.82) is 0 Å². The number of halogens is 2. The summed E-state index contributed by atoms with van der Waals surface area (Å²) in [4.78, 5) is 0. The summed E-state index contributed by atoms with van der Waals surface area (Å²) in [6.45, 7) is 17.4. The third-order valence-corrected chi connectivity index (χ3v) is 3.48. The Morgan fingerprint density at radius 3 is 1.78 bits per heavy atom. The van der Waals surface area contributed by atoms with Gasteiger partial charge in [0.2, 0.25) is 0 Å². The molecule has 0 amide bonds. The van der Waals surface area contributed by atoms with Crippen molar-refractivity contribution in [1.82, 2.24) is 0 Å². The monoisotopic (exact) mass is 430 g/mol. The van der Waals surface area contributed by atoms with Crippen molar-refractivity contribution in [2.75, 3.05) is 0 Å². The Hall–Kier alpha value is 0.293. The molecule has 0 aliphatic heterocycles. The van der Waals surface area contributed by atoms with Crippen LogP contribution >= 0.6 is 0 Å². The zero-order valence-electron chi connectivity index (χ0n) is 15.8. The van der Waals surface area contributed by atoms with Gasteiger partial charge in [0.1, 0.15) is 0 Å². The molecule has 1 atom stereocenters. The minimum absolute atomic E-state index is 0. The molecule has 0 heterocycles. The fraction of sp³-hybridized carbons (Fsp3) is 0.550. The van der Waals surface area contributed by atoms with Gasteiger partial charge in [0, 0.05) is 0 Å². The van der Waals surface area contributed by atoms with Crippen molar-refractivity contribution in [3.05, 3.63) is 47.1 Å². The SMILES string of the molecule is CC(C)(C)C1=CC=[C-]C1.CC1=C(C)C(C)[C-]=C1.C[C](C)=[Zr+2].[Cl-].[Cl-]. The molecule has 2 aliphatic carbocycles. The van der Waals surface area contributed by atoms with E-state index in [9.17, 15) is 0 Å². The molecule has 0 saturated heterocycles. The van der Waals surface area contributed by atoms with E-state index in [4.69, 9.17) is 0 Å². The van der Waals surface area contributed by atoms with Gasteiger partial charge in [0.25, 0.3) is 0 Å². The van der Waals surface area contributed by atoms with E-state index in [1.807, 2.05) is 6.08 Å². The van der Waals surface area contributed by atoms with Crippen molar-refractivity contribution < 1.29 is 49.0 Å². The molecule has 23 heavy (non-hydrogen) atoms. The van der Waals surface area contributed by atoms with Crippen LogP contribution < -0.4 is 24.8 Å². The molecule has 0 radical (unpaired) electrons. The van der Waals surface area contributed by atoms with E-state index in [0.717, 1.165) is 6.42 Å². The molecule has 0 aromatic rings. The molecule has 3 heteroatoms. The Balaban J connectivity index is -0.000000267. The maximum absolute atomic E-state index is 3.22. The normalized spacial score (nSPS) is 18.0.